The number of benzene rings is 4. The Morgan fingerprint density at radius 1 is 0.816 bits per heavy atom. The average Bonchev–Trinajstić information content (AvgIpc) is 3.41. The fraction of sp³-hybridized carbons (Fsp3) is 0.194. The second kappa shape index (κ2) is 11.5. The zero-order chi connectivity index (χ0) is 26.4. The molecule has 0 saturated carbocycles. The summed E-state index contributed by atoms with van der Waals surface area (Å²) in [5, 5.41) is 11.9. The predicted molar refractivity (Wildman–Crippen MR) is 149 cm³/mol. The van der Waals surface area contributed by atoms with Gasteiger partial charge in [0.2, 0.25) is 0 Å². The van der Waals surface area contributed by atoms with E-state index in [0.717, 1.165) is 22.3 Å². The number of nitro groups is 1. The lowest BCUT2D eigenvalue weighted by Crippen LogP contribution is -2.40. The molecule has 2 unspecified atom stereocenters. The number of thioether (sulfide) groups is 1. The number of rotatable bonds is 8. The third-order valence-electron chi connectivity index (χ3n) is 6.80. The van der Waals surface area contributed by atoms with Crippen LogP contribution in [0.4, 0.5) is 4.79 Å². The van der Waals surface area contributed by atoms with Crippen molar-refractivity contribution in [1.29, 1.82) is 0 Å². The van der Waals surface area contributed by atoms with Gasteiger partial charge in [-0.2, -0.15) is 0 Å². The van der Waals surface area contributed by atoms with Crippen molar-refractivity contribution in [1.82, 2.24) is 4.90 Å². The molecule has 0 N–H and O–H groups in total. The van der Waals surface area contributed by atoms with Gasteiger partial charge in [0, 0.05) is 23.1 Å². The molecule has 192 valence electrons. The van der Waals surface area contributed by atoms with Crippen molar-refractivity contribution in [3.8, 4) is 0 Å². The highest BCUT2D eigenvalue weighted by Crippen LogP contribution is 2.52. The van der Waals surface area contributed by atoms with E-state index in [2.05, 4.69) is 36.4 Å². The molecule has 1 amide bonds. The molecule has 38 heavy (non-hydrogen) atoms. The molecule has 0 aliphatic carbocycles. The van der Waals surface area contributed by atoms with Crippen LogP contribution < -0.4 is 0 Å². The van der Waals surface area contributed by atoms with Crippen LogP contribution in [-0.2, 0) is 16.1 Å². The Kier molecular flexibility index (Phi) is 7.75. The Balaban J connectivity index is 1.48. The van der Waals surface area contributed by atoms with E-state index in [0.29, 0.717) is 0 Å². The van der Waals surface area contributed by atoms with Gasteiger partial charge in [0.1, 0.15) is 6.61 Å². The largest absolute Gasteiger partial charge is 0.444 e. The van der Waals surface area contributed by atoms with Crippen molar-refractivity contribution in [3.63, 3.8) is 0 Å². The highest BCUT2D eigenvalue weighted by Gasteiger charge is 2.48. The second-order valence-electron chi connectivity index (χ2n) is 9.21. The molecule has 0 bridgehead atoms. The molecule has 7 heteroatoms. The van der Waals surface area contributed by atoms with E-state index in [1.165, 1.54) is 4.90 Å². The summed E-state index contributed by atoms with van der Waals surface area (Å²) in [5.74, 6) is 0. The third-order valence-corrected chi connectivity index (χ3v) is 8.54. The Bertz CT molecular complexity index is 1260. The van der Waals surface area contributed by atoms with E-state index in [-0.39, 0.29) is 29.7 Å². The number of hydrogen-bond donors (Lipinski definition) is 0. The van der Waals surface area contributed by atoms with Crippen molar-refractivity contribution < 1.29 is 14.5 Å². The second-order valence-corrected chi connectivity index (χ2v) is 10.7. The standard InChI is InChI=1S/C31H28N2O4S/c34-30(37-23-24-13-5-1-6-14-24)32-22-28(21-29(32)33(35)36)38-31(25-15-7-2-8-16-25,26-17-9-3-10-18-26)27-19-11-4-12-20-27/h1-20,28-29H,21-23H2. The lowest BCUT2D eigenvalue weighted by molar-refractivity contribution is -0.541. The molecule has 1 heterocycles. The first-order valence-corrected chi connectivity index (χ1v) is 13.4. The maximum absolute atomic E-state index is 13.0. The number of hydrogen-bond acceptors (Lipinski definition) is 5. The van der Waals surface area contributed by atoms with E-state index in [4.69, 9.17) is 4.74 Å². The molecule has 6 nitrogen and oxygen atoms in total. The van der Waals surface area contributed by atoms with Gasteiger partial charge in [-0.1, -0.05) is 121 Å². The fourth-order valence-corrected chi connectivity index (χ4v) is 6.85. The molecule has 0 spiro atoms. The fourth-order valence-electron chi connectivity index (χ4n) is 5.03. The Morgan fingerprint density at radius 2 is 1.26 bits per heavy atom. The molecule has 2 atom stereocenters. The molecule has 0 radical (unpaired) electrons. The van der Waals surface area contributed by atoms with Crippen LogP contribution in [0, 0.1) is 10.1 Å². The monoisotopic (exact) mass is 524 g/mol. The summed E-state index contributed by atoms with van der Waals surface area (Å²) < 4.78 is 4.87. The molecule has 0 aromatic heterocycles. The molecule has 1 fully saturated rings. The molecule has 4 aromatic carbocycles. The van der Waals surface area contributed by atoms with Gasteiger partial charge in [-0.15, -0.1) is 11.8 Å². The first-order chi connectivity index (χ1) is 18.6. The van der Waals surface area contributed by atoms with Crippen LogP contribution >= 0.6 is 11.8 Å². The predicted octanol–water partition coefficient (Wildman–Crippen LogP) is 6.73. The van der Waals surface area contributed by atoms with Crippen molar-refractivity contribution >= 4 is 17.9 Å². The number of carbonyl (C=O) groups excluding carboxylic acids is 1. The summed E-state index contributed by atoms with van der Waals surface area (Å²) in [4.78, 5) is 26.0. The van der Waals surface area contributed by atoms with Crippen LogP contribution in [0.15, 0.2) is 121 Å². The van der Waals surface area contributed by atoms with Crippen molar-refractivity contribution in [2.45, 2.75) is 29.2 Å². The minimum atomic E-state index is -1.14. The number of ether oxygens (including phenoxy) is 1. The summed E-state index contributed by atoms with van der Waals surface area (Å²) in [6, 6.07) is 39.9. The van der Waals surface area contributed by atoms with E-state index >= 15 is 0 Å². The SMILES string of the molecule is O=C(OCc1ccccc1)N1CC(SC(c2ccccc2)(c2ccccc2)c2ccccc2)CC1[N+](=O)[O-]. The molecule has 1 saturated heterocycles. The Hall–Kier alpha value is -4.10. The van der Waals surface area contributed by atoms with E-state index in [9.17, 15) is 14.9 Å². The topological polar surface area (TPSA) is 72.7 Å². The molecule has 4 aromatic rings. The minimum absolute atomic E-state index is 0.0698. The quantitative estimate of drug-likeness (QED) is 0.145. The summed E-state index contributed by atoms with van der Waals surface area (Å²) in [7, 11) is 0. The number of amides is 1. The summed E-state index contributed by atoms with van der Waals surface area (Å²) in [6.45, 7) is 0.290. The van der Waals surface area contributed by atoms with Gasteiger partial charge in [0.25, 0.3) is 6.17 Å². The average molecular weight is 525 g/mol. The third kappa shape index (κ3) is 5.29. The zero-order valence-corrected chi connectivity index (χ0v) is 21.6. The highest BCUT2D eigenvalue weighted by atomic mass is 32.2. The van der Waals surface area contributed by atoms with E-state index in [1.807, 2.05) is 84.9 Å². The highest BCUT2D eigenvalue weighted by molar-refractivity contribution is 8.01. The lowest BCUT2D eigenvalue weighted by Gasteiger charge is -2.37. The minimum Gasteiger partial charge on any atom is -0.444 e. The Morgan fingerprint density at radius 3 is 1.71 bits per heavy atom. The van der Waals surface area contributed by atoms with Gasteiger partial charge in [0.05, 0.1) is 4.75 Å². The summed E-state index contributed by atoms with van der Waals surface area (Å²) in [5.41, 5.74) is 4.06. The number of likely N-dealkylation sites (tertiary alicyclic amines) is 1. The molecular formula is C31H28N2O4S. The first kappa shape index (κ1) is 25.5. The van der Waals surface area contributed by atoms with Gasteiger partial charge >= 0.3 is 6.09 Å². The van der Waals surface area contributed by atoms with Crippen molar-refractivity contribution in [3.05, 3.63) is 154 Å². The normalized spacial score (nSPS) is 17.2. The lowest BCUT2D eigenvalue weighted by atomic mass is 9.84. The molecule has 1 aliphatic heterocycles. The molecule has 1 aliphatic rings. The van der Waals surface area contributed by atoms with Crippen LogP contribution in [0.5, 0.6) is 0 Å². The van der Waals surface area contributed by atoms with Gasteiger partial charge in [-0.05, 0) is 22.3 Å². The van der Waals surface area contributed by atoms with Crippen LogP contribution in [-0.4, -0.2) is 33.9 Å². The van der Waals surface area contributed by atoms with E-state index < -0.39 is 17.0 Å². The molecular weight excluding hydrogens is 496 g/mol. The van der Waals surface area contributed by atoms with Gasteiger partial charge in [0.15, 0.2) is 0 Å². The number of nitrogens with zero attached hydrogens (tertiary/aromatic N) is 2. The van der Waals surface area contributed by atoms with E-state index in [1.54, 1.807) is 11.8 Å². The summed E-state index contributed by atoms with van der Waals surface area (Å²) >= 11 is 1.66. The van der Waals surface area contributed by atoms with Crippen LogP contribution in [0.25, 0.3) is 0 Å². The maximum Gasteiger partial charge on any atom is 0.415 e. The van der Waals surface area contributed by atoms with Gasteiger partial charge in [-0.25, -0.2) is 9.69 Å². The zero-order valence-electron chi connectivity index (χ0n) is 20.8. The van der Waals surface area contributed by atoms with Gasteiger partial charge < -0.3 is 4.74 Å². The first-order valence-electron chi connectivity index (χ1n) is 12.5. The van der Waals surface area contributed by atoms with Crippen LogP contribution in [0.1, 0.15) is 28.7 Å². The van der Waals surface area contributed by atoms with Crippen LogP contribution in [0.2, 0.25) is 0 Å². The Labute approximate surface area is 226 Å². The van der Waals surface area contributed by atoms with Crippen LogP contribution in [0.3, 0.4) is 0 Å². The van der Waals surface area contributed by atoms with Crippen molar-refractivity contribution in [2.24, 2.45) is 0 Å². The summed E-state index contributed by atoms with van der Waals surface area (Å²) in [6.07, 6.45) is -1.58. The van der Waals surface area contributed by atoms with Gasteiger partial charge in [-0.3, -0.25) is 10.1 Å². The maximum atomic E-state index is 13.0. The van der Waals surface area contributed by atoms with Crippen molar-refractivity contribution in [2.75, 3.05) is 6.54 Å². The number of carbonyl (C=O) groups is 1. The molecule has 5 rings (SSSR count). The smallest absolute Gasteiger partial charge is 0.415 e.